The van der Waals surface area contributed by atoms with Crippen LogP contribution < -0.4 is 4.72 Å². The lowest BCUT2D eigenvalue weighted by Gasteiger charge is -2.09. The van der Waals surface area contributed by atoms with Gasteiger partial charge < -0.3 is 9.46 Å². The van der Waals surface area contributed by atoms with Crippen molar-refractivity contribution in [2.45, 2.75) is 11.8 Å². The van der Waals surface area contributed by atoms with E-state index in [1.807, 2.05) is 30.3 Å². The molecule has 0 radical (unpaired) electrons. The van der Waals surface area contributed by atoms with Gasteiger partial charge in [-0.25, -0.2) is 4.79 Å². The molecule has 0 unspecified atom stereocenters. The highest BCUT2D eigenvalue weighted by Gasteiger charge is 2.09. The van der Waals surface area contributed by atoms with Crippen molar-refractivity contribution in [3.63, 3.8) is 0 Å². The summed E-state index contributed by atoms with van der Waals surface area (Å²) in [5.74, 6) is -0.364. The Morgan fingerprint density at radius 2 is 2.00 bits per heavy atom. The third-order valence-electron chi connectivity index (χ3n) is 2.50. The largest absolute Gasteiger partial charge is 0.462 e. The van der Waals surface area contributed by atoms with Crippen molar-refractivity contribution in [1.29, 1.82) is 0 Å². The number of anilines is 1. The monoisotopic (exact) mass is 307 g/mol. The molecule has 0 fully saturated rings. The highest BCUT2D eigenvalue weighted by Crippen LogP contribution is 2.28. The van der Waals surface area contributed by atoms with E-state index in [-0.39, 0.29) is 5.97 Å². The molecule has 0 atom stereocenters. The standard InChI is InChI=1S/C15H14ClNO2S/c1-2-19-15(18)11-8-9-14(13(16)10-11)17-20-12-6-4-3-5-7-12/h3-10,17H,2H2,1H3. The van der Waals surface area contributed by atoms with Crippen molar-refractivity contribution in [3.8, 4) is 0 Å². The Balaban J connectivity index is 2.04. The SMILES string of the molecule is CCOC(=O)c1ccc(NSc2ccccc2)c(Cl)c1. The Kier molecular flexibility index (Phi) is 5.32. The van der Waals surface area contributed by atoms with Gasteiger partial charge in [0.15, 0.2) is 0 Å². The number of rotatable bonds is 5. The maximum Gasteiger partial charge on any atom is 0.338 e. The Morgan fingerprint density at radius 1 is 1.25 bits per heavy atom. The topological polar surface area (TPSA) is 38.3 Å². The number of nitrogens with one attached hydrogen (secondary N) is 1. The first-order valence-corrected chi connectivity index (χ1v) is 7.34. The Labute approximate surface area is 127 Å². The van der Waals surface area contributed by atoms with E-state index >= 15 is 0 Å². The molecule has 1 N–H and O–H groups in total. The molecule has 0 saturated heterocycles. The Bertz CT molecular complexity index is 590. The summed E-state index contributed by atoms with van der Waals surface area (Å²) in [5, 5.41) is 0.485. The minimum absolute atomic E-state index is 0.348. The number of carbonyl (C=O) groups is 1. The molecule has 0 aliphatic carbocycles. The first-order valence-electron chi connectivity index (χ1n) is 6.15. The van der Waals surface area contributed by atoms with E-state index < -0.39 is 0 Å². The average molecular weight is 308 g/mol. The molecule has 2 aromatic carbocycles. The second kappa shape index (κ2) is 7.22. The first kappa shape index (κ1) is 14.8. The lowest BCUT2D eigenvalue weighted by Crippen LogP contribution is -2.04. The summed E-state index contributed by atoms with van der Waals surface area (Å²) in [6.07, 6.45) is 0. The number of esters is 1. The minimum Gasteiger partial charge on any atom is -0.462 e. The predicted molar refractivity (Wildman–Crippen MR) is 83.3 cm³/mol. The van der Waals surface area contributed by atoms with Crippen LogP contribution in [0.2, 0.25) is 5.02 Å². The lowest BCUT2D eigenvalue weighted by atomic mass is 10.2. The van der Waals surface area contributed by atoms with Gasteiger partial charge in [-0.05, 0) is 49.2 Å². The van der Waals surface area contributed by atoms with Crippen molar-refractivity contribution in [1.82, 2.24) is 0 Å². The fourth-order valence-corrected chi connectivity index (χ4v) is 2.52. The zero-order valence-corrected chi connectivity index (χ0v) is 12.5. The number of hydrogen-bond acceptors (Lipinski definition) is 4. The van der Waals surface area contributed by atoms with Crippen LogP contribution in [0.5, 0.6) is 0 Å². The van der Waals surface area contributed by atoms with Crippen molar-refractivity contribution in [3.05, 3.63) is 59.1 Å². The molecule has 20 heavy (non-hydrogen) atoms. The number of ether oxygens (including phenoxy) is 1. The molecule has 5 heteroatoms. The fraction of sp³-hybridized carbons (Fsp3) is 0.133. The van der Waals surface area contributed by atoms with Crippen LogP contribution >= 0.6 is 23.5 Å². The van der Waals surface area contributed by atoms with Crippen LogP contribution in [0.4, 0.5) is 5.69 Å². The van der Waals surface area contributed by atoms with Crippen LogP contribution in [-0.4, -0.2) is 12.6 Å². The highest BCUT2D eigenvalue weighted by molar-refractivity contribution is 8.00. The molecule has 0 amide bonds. The predicted octanol–water partition coefficient (Wildman–Crippen LogP) is 4.64. The molecule has 0 spiro atoms. The van der Waals surface area contributed by atoms with Gasteiger partial charge in [0.2, 0.25) is 0 Å². The molecule has 0 aromatic heterocycles. The van der Waals surface area contributed by atoms with Crippen molar-refractivity contribution in [2.75, 3.05) is 11.3 Å². The van der Waals surface area contributed by atoms with Gasteiger partial charge in [-0.2, -0.15) is 0 Å². The lowest BCUT2D eigenvalue weighted by molar-refractivity contribution is 0.0526. The molecule has 2 rings (SSSR count). The maximum absolute atomic E-state index is 11.6. The van der Waals surface area contributed by atoms with Crippen molar-refractivity contribution >= 4 is 35.2 Å². The Hall–Kier alpha value is -1.65. The van der Waals surface area contributed by atoms with Crippen LogP contribution in [0.1, 0.15) is 17.3 Å². The molecular formula is C15H14ClNO2S. The van der Waals surface area contributed by atoms with Crippen LogP contribution in [0.25, 0.3) is 0 Å². The van der Waals surface area contributed by atoms with Gasteiger partial charge >= 0.3 is 5.97 Å². The van der Waals surface area contributed by atoms with E-state index in [0.29, 0.717) is 17.2 Å². The molecule has 2 aromatic rings. The first-order chi connectivity index (χ1) is 9.70. The zero-order chi connectivity index (χ0) is 14.4. The van der Waals surface area contributed by atoms with Gasteiger partial charge in [0.25, 0.3) is 0 Å². The van der Waals surface area contributed by atoms with Gasteiger partial charge in [-0.15, -0.1) is 0 Å². The van der Waals surface area contributed by atoms with Crippen LogP contribution in [0.15, 0.2) is 53.4 Å². The summed E-state index contributed by atoms with van der Waals surface area (Å²) in [7, 11) is 0. The number of carbonyl (C=O) groups excluding carboxylic acids is 1. The number of benzene rings is 2. The van der Waals surface area contributed by atoms with E-state index in [4.69, 9.17) is 16.3 Å². The van der Waals surface area contributed by atoms with E-state index in [1.165, 1.54) is 11.9 Å². The van der Waals surface area contributed by atoms with Gasteiger partial charge in [0, 0.05) is 4.90 Å². The summed E-state index contributed by atoms with van der Waals surface area (Å²) in [6, 6.07) is 15.0. The zero-order valence-electron chi connectivity index (χ0n) is 10.9. The third kappa shape index (κ3) is 3.92. The summed E-state index contributed by atoms with van der Waals surface area (Å²) >= 11 is 7.62. The maximum atomic E-state index is 11.6. The molecule has 3 nitrogen and oxygen atoms in total. The average Bonchev–Trinajstić information content (AvgIpc) is 2.47. The van der Waals surface area contributed by atoms with E-state index in [0.717, 1.165) is 10.6 Å². The second-order valence-corrected chi connectivity index (χ2v) is 5.22. The van der Waals surface area contributed by atoms with E-state index in [1.54, 1.807) is 25.1 Å². The smallest absolute Gasteiger partial charge is 0.338 e. The molecule has 0 aliphatic heterocycles. The second-order valence-electron chi connectivity index (χ2n) is 3.93. The van der Waals surface area contributed by atoms with Gasteiger partial charge in [-0.3, -0.25) is 0 Å². The quantitative estimate of drug-likeness (QED) is 0.645. The van der Waals surface area contributed by atoms with Gasteiger partial charge in [0.05, 0.1) is 22.9 Å². The van der Waals surface area contributed by atoms with Gasteiger partial charge in [0.1, 0.15) is 0 Å². The highest BCUT2D eigenvalue weighted by atomic mass is 35.5. The van der Waals surface area contributed by atoms with Crippen LogP contribution in [0.3, 0.4) is 0 Å². The van der Waals surface area contributed by atoms with E-state index in [9.17, 15) is 4.79 Å². The number of hydrogen-bond donors (Lipinski definition) is 1. The third-order valence-corrected chi connectivity index (χ3v) is 3.64. The molecule has 0 heterocycles. The summed E-state index contributed by atoms with van der Waals surface area (Å²) in [5.41, 5.74) is 1.21. The summed E-state index contributed by atoms with van der Waals surface area (Å²) < 4.78 is 8.09. The minimum atomic E-state index is -0.364. The normalized spacial score (nSPS) is 10.1. The Morgan fingerprint density at radius 3 is 2.65 bits per heavy atom. The molecule has 0 bridgehead atoms. The summed E-state index contributed by atoms with van der Waals surface area (Å²) in [6.45, 7) is 2.12. The van der Waals surface area contributed by atoms with E-state index in [2.05, 4.69) is 4.72 Å². The van der Waals surface area contributed by atoms with Crippen LogP contribution in [0, 0.1) is 0 Å². The fourth-order valence-electron chi connectivity index (χ4n) is 1.54. The molecule has 104 valence electrons. The molecule has 0 saturated carbocycles. The number of halogens is 1. The van der Waals surface area contributed by atoms with Crippen molar-refractivity contribution < 1.29 is 9.53 Å². The molecule has 0 aliphatic rings. The van der Waals surface area contributed by atoms with Crippen molar-refractivity contribution in [2.24, 2.45) is 0 Å². The van der Waals surface area contributed by atoms with Gasteiger partial charge in [-0.1, -0.05) is 29.8 Å². The summed E-state index contributed by atoms with van der Waals surface area (Å²) in [4.78, 5) is 12.7. The molecular weight excluding hydrogens is 294 g/mol. The van der Waals surface area contributed by atoms with Crippen LogP contribution in [-0.2, 0) is 4.74 Å².